The first-order valence-electron chi connectivity index (χ1n) is 7.77. The van der Waals surface area contributed by atoms with Crippen LogP contribution in [0.4, 0.5) is 11.6 Å². The fourth-order valence-corrected chi connectivity index (χ4v) is 2.41. The number of aliphatic imine (C=N–C) groups is 1. The SMILES string of the molecule is CC(C)N=C(Nc1ccc(Cl)c(Cl)c1)Nc1nccn1C(C)(C)C.Cl. The number of halogens is 3. The van der Waals surface area contributed by atoms with Gasteiger partial charge in [0.1, 0.15) is 0 Å². The Bertz CT molecular complexity index is 732. The van der Waals surface area contributed by atoms with Gasteiger partial charge in [-0.1, -0.05) is 23.2 Å². The minimum absolute atomic E-state index is 0. The predicted molar refractivity (Wildman–Crippen MR) is 111 cm³/mol. The van der Waals surface area contributed by atoms with Gasteiger partial charge < -0.3 is 9.88 Å². The second-order valence-electron chi connectivity index (χ2n) is 6.74. The Balaban J connectivity index is 0.00000312. The highest BCUT2D eigenvalue weighted by Gasteiger charge is 2.18. The van der Waals surface area contributed by atoms with Gasteiger partial charge in [0.15, 0.2) is 0 Å². The Morgan fingerprint density at radius 3 is 2.40 bits per heavy atom. The summed E-state index contributed by atoms with van der Waals surface area (Å²) in [6, 6.07) is 5.47. The van der Waals surface area contributed by atoms with E-state index < -0.39 is 0 Å². The Kier molecular flexibility index (Phi) is 7.60. The van der Waals surface area contributed by atoms with Crippen LogP contribution in [0.2, 0.25) is 10.0 Å². The van der Waals surface area contributed by atoms with Gasteiger partial charge in [0.25, 0.3) is 0 Å². The van der Waals surface area contributed by atoms with Gasteiger partial charge >= 0.3 is 0 Å². The average Bonchev–Trinajstić information content (AvgIpc) is 2.90. The molecule has 1 heterocycles. The van der Waals surface area contributed by atoms with Crippen LogP contribution in [0.5, 0.6) is 0 Å². The van der Waals surface area contributed by atoms with Gasteiger partial charge in [-0.3, -0.25) is 5.32 Å². The van der Waals surface area contributed by atoms with Crippen molar-refractivity contribution in [3.8, 4) is 0 Å². The fraction of sp³-hybridized carbons (Fsp3) is 0.412. The zero-order valence-corrected chi connectivity index (χ0v) is 17.3. The van der Waals surface area contributed by atoms with E-state index in [0.717, 1.165) is 11.6 Å². The molecule has 8 heteroatoms. The van der Waals surface area contributed by atoms with E-state index in [1.165, 1.54) is 0 Å². The third-order valence-corrected chi connectivity index (χ3v) is 3.90. The summed E-state index contributed by atoms with van der Waals surface area (Å²) >= 11 is 12.1. The van der Waals surface area contributed by atoms with E-state index in [4.69, 9.17) is 23.2 Å². The van der Waals surface area contributed by atoms with Crippen molar-refractivity contribution in [3.05, 3.63) is 40.6 Å². The molecule has 0 fully saturated rings. The van der Waals surface area contributed by atoms with Crippen LogP contribution >= 0.6 is 35.6 Å². The topological polar surface area (TPSA) is 54.2 Å². The number of hydrogen-bond donors (Lipinski definition) is 2. The molecule has 138 valence electrons. The minimum atomic E-state index is -0.0919. The lowest BCUT2D eigenvalue weighted by molar-refractivity contribution is 0.402. The van der Waals surface area contributed by atoms with Gasteiger partial charge in [0.05, 0.1) is 10.0 Å². The lowest BCUT2D eigenvalue weighted by Crippen LogP contribution is -2.29. The molecule has 0 atom stereocenters. The van der Waals surface area contributed by atoms with Crippen LogP contribution in [0.15, 0.2) is 35.6 Å². The maximum atomic E-state index is 6.08. The van der Waals surface area contributed by atoms with E-state index in [1.54, 1.807) is 18.3 Å². The zero-order chi connectivity index (χ0) is 17.9. The number of aromatic nitrogens is 2. The van der Waals surface area contributed by atoms with Crippen LogP contribution < -0.4 is 10.6 Å². The molecule has 0 radical (unpaired) electrons. The molecule has 0 aliphatic carbocycles. The van der Waals surface area contributed by atoms with E-state index in [2.05, 4.69) is 45.9 Å². The Morgan fingerprint density at radius 1 is 1.16 bits per heavy atom. The highest BCUT2D eigenvalue weighted by atomic mass is 35.5. The first kappa shape index (κ1) is 21.6. The summed E-state index contributed by atoms with van der Waals surface area (Å²) in [5.41, 5.74) is 0.705. The molecule has 2 rings (SSSR count). The summed E-state index contributed by atoms with van der Waals surface area (Å²) in [4.78, 5) is 8.97. The molecular formula is C17H24Cl3N5. The van der Waals surface area contributed by atoms with Crippen molar-refractivity contribution in [3.63, 3.8) is 0 Å². The number of nitrogens with one attached hydrogen (secondary N) is 2. The van der Waals surface area contributed by atoms with E-state index in [9.17, 15) is 0 Å². The van der Waals surface area contributed by atoms with Crippen LogP contribution in [0.1, 0.15) is 34.6 Å². The largest absolute Gasteiger partial charge is 0.326 e. The normalized spacial score (nSPS) is 12.1. The maximum Gasteiger partial charge on any atom is 0.210 e. The molecular weight excluding hydrogens is 381 g/mol. The molecule has 2 aromatic rings. The molecule has 0 bridgehead atoms. The third kappa shape index (κ3) is 6.10. The Morgan fingerprint density at radius 2 is 1.84 bits per heavy atom. The monoisotopic (exact) mass is 403 g/mol. The minimum Gasteiger partial charge on any atom is -0.326 e. The van der Waals surface area contributed by atoms with Crippen LogP contribution in [-0.4, -0.2) is 21.6 Å². The highest BCUT2D eigenvalue weighted by Crippen LogP contribution is 2.25. The van der Waals surface area contributed by atoms with E-state index in [-0.39, 0.29) is 24.0 Å². The van der Waals surface area contributed by atoms with Crippen molar-refractivity contribution < 1.29 is 0 Å². The van der Waals surface area contributed by atoms with Gasteiger partial charge in [-0.05, 0) is 52.8 Å². The lowest BCUT2D eigenvalue weighted by atomic mass is 10.1. The molecule has 0 saturated carbocycles. The van der Waals surface area contributed by atoms with E-state index in [1.807, 2.05) is 26.1 Å². The molecule has 5 nitrogen and oxygen atoms in total. The summed E-state index contributed by atoms with van der Waals surface area (Å²) in [5, 5.41) is 7.50. The molecule has 0 aliphatic rings. The standard InChI is InChI=1S/C17H23Cl2N5.ClH/c1-11(2)21-15(22-12-6-7-13(18)14(19)10-12)23-16-20-8-9-24(16)17(3,4)5;/h6-11H,1-5H3,(H2,20,21,22,23);1H. The average molecular weight is 405 g/mol. The molecule has 0 saturated heterocycles. The van der Waals surface area contributed by atoms with Crippen LogP contribution in [0, 0.1) is 0 Å². The van der Waals surface area contributed by atoms with Crippen molar-refractivity contribution >= 4 is 53.2 Å². The van der Waals surface area contributed by atoms with Gasteiger partial charge in [0, 0.05) is 29.7 Å². The molecule has 0 spiro atoms. The van der Waals surface area contributed by atoms with Crippen LogP contribution in [-0.2, 0) is 5.54 Å². The summed E-state index contributed by atoms with van der Waals surface area (Å²) in [6.07, 6.45) is 3.70. The zero-order valence-electron chi connectivity index (χ0n) is 15.0. The smallest absolute Gasteiger partial charge is 0.210 e. The molecule has 0 aliphatic heterocycles. The molecule has 0 unspecified atom stereocenters. The summed E-state index contributed by atoms with van der Waals surface area (Å²) in [6.45, 7) is 10.4. The first-order chi connectivity index (χ1) is 11.2. The molecule has 2 N–H and O–H groups in total. The highest BCUT2D eigenvalue weighted by molar-refractivity contribution is 6.42. The van der Waals surface area contributed by atoms with Gasteiger partial charge in [-0.2, -0.15) is 0 Å². The van der Waals surface area contributed by atoms with Crippen molar-refractivity contribution in [2.75, 3.05) is 10.6 Å². The Hall–Kier alpha value is -1.43. The number of rotatable bonds is 3. The number of benzene rings is 1. The summed E-state index contributed by atoms with van der Waals surface area (Å²) < 4.78 is 2.05. The number of nitrogens with zero attached hydrogens (tertiary/aromatic N) is 3. The van der Waals surface area contributed by atoms with Gasteiger partial charge in [-0.15, -0.1) is 12.4 Å². The van der Waals surface area contributed by atoms with Gasteiger partial charge in [0.2, 0.25) is 11.9 Å². The quantitative estimate of drug-likeness (QED) is 0.513. The second kappa shape index (κ2) is 8.79. The van der Waals surface area contributed by atoms with E-state index >= 15 is 0 Å². The number of guanidine groups is 1. The predicted octanol–water partition coefficient (Wildman–Crippen LogP) is 5.66. The molecule has 1 aromatic heterocycles. The lowest BCUT2D eigenvalue weighted by Gasteiger charge is -2.24. The summed E-state index contributed by atoms with van der Waals surface area (Å²) in [7, 11) is 0. The van der Waals surface area contributed by atoms with Crippen molar-refractivity contribution in [2.24, 2.45) is 4.99 Å². The third-order valence-electron chi connectivity index (χ3n) is 3.16. The van der Waals surface area contributed by atoms with Crippen molar-refractivity contribution in [1.82, 2.24) is 9.55 Å². The number of imidazole rings is 1. The molecule has 1 aromatic carbocycles. The summed E-state index contributed by atoms with van der Waals surface area (Å²) in [5.74, 6) is 1.31. The number of hydrogen-bond acceptors (Lipinski definition) is 2. The van der Waals surface area contributed by atoms with Crippen LogP contribution in [0.3, 0.4) is 0 Å². The van der Waals surface area contributed by atoms with Gasteiger partial charge in [-0.25, -0.2) is 9.98 Å². The van der Waals surface area contributed by atoms with Crippen molar-refractivity contribution in [1.29, 1.82) is 0 Å². The first-order valence-corrected chi connectivity index (χ1v) is 8.53. The molecule has 0 amide bonds. The van der Waals surface area contributed by atoms with E-state index in [0.29, 0.717) is 16.0 Å². The number of anilines is 2. The fourth-order valence-electron chi connectivity index (χ4n) is 2.11. The molecule has 25 heavy (non-hydrogen) atoms. The maximum absolute atomic E-state index is 6.08. The Labute approximate surface area is 165 Å². The van der Waals surface area contributed by atoms with Crippen LogP contribution in [0.25, 0.3) is 0 Å². The van der Waals surface area contributed by atoms with Crippen molar-refractivity contribution in [2.45, 2.75) is 46.2 Å². The second-order valence-corrected chi connectivity index (χ2v) is 7.56.